The lowest BCUT2D eigenvalue weighted by Gasteiger charge is -2.20. The largest absolute Gasteiger partial charge is 0.468 e. The normalized spacial score (nSPS) is 13.7. The molecule has 6 heteroatoms. The van der Waals surface area contributed by atoms with Gasteiger partial charge in [0, 0.05) is 12.1 Å². The van der Waals surface area contributed by atoms with E-state index in [0.29, 0.717) is 6.07 Å². The van der Waals surface area contributed by atoms with Crippen molar-refractivity contribution in [2.45, 2.75) is 13.0 Å². The number of rotatable bonds is 5. The van der Waals surface area contributed by atoms with Crippen LogP contribution in [-0.4, -0.2) is 32.0 Å². The Bertz CT molecular complexity index is 491. The first kappa shape index (κ1) is 15.2. The third-order valence-electron chi connectivity index (χ3n) is 2.89. The summed E-state index contributed by atoms with van der Waals surface area (Å²) in [7, 11) is 2.71. The lowest BCUT2D eigenvalue weighted by molar-refractivity contribution is -0.144. The number of halogens is 2. The van der Waals surface area contributed by atoms with Gasteiger partial charge >= 0.3 is 5.97 Å². The number of benzene rings is 1. The van der Waals surface area contributed by atoms with Crippen LogP contribution in [0.4, 0.5) is 8.78 Å². The Labute approximate surface area is 109 Å². The summed E-state index contributed by atoms with van der Waals surface area (Å²) >= 11 is 0. The van der Waals surface area contributed by atoms with E-state index < -0.39 is 35.3 Å². The number of carbonyl (C=O) groups is 2. The van der Waals surface area contributed by atoms with Gasteiger partial charge < -0.3 is 10.1 Å². The van der Waals surface area contributed by atoms with Crippen molar-refractivity contribution < 1.29 is 23.1 Å². The quantitative estimate of drug-likeness (QED) is 0.501. The molecule has 104 valence electrons. The summed E-state index contributed by atoms with van der Waals surface area (Å²) in [6, 6.07) is 2.05. The number of hydrogen-bond donors (Lipinski definition) is 1. The second-order valence-corrected chi connectivity index (χ2v) is 4.07. The van der Waals surface area contributed by atoms with Gasteiger partial charge in [-0.3, -0.25) is 9.59 Å². The number of hydrogen-bond acceptors (Lipinski definition) is 4. The van der Waals surface area contributed by atoms with E-state index in [0.717, 1.165) is 19.2 Å². The standard InChI is InChI=1S/C13H15F2NO3/c1-7(16-2)11(13(18)19-3)12(17)9-5-4-8(14)6-10(9)15/h4-7,11,16H,1-3H3. The number of esters is 1. The smallest absolute Gasteiger partial charge is 0.318 e. The third kappa shape index (κ3) is 3.35. The number of nitrogens with one attached hydrogen (secondary N) is 1. The Morgan fingerprint density at radius 2 is 1.95 bits per heavy atom. The summed E-state index contributed by atoms with van der Waals surface area (Å²) in [5, 5.41) is 2.74. The van der Waals surface area contributed by atoms with Crippen LogP contribution in [0.2, 0.25) is 0 Å². The highest BCUT2D eigenvalue weighted by Crippen LogP contribution is 2.18. The van der Waals surface area contributed by atoms with Crippen LogP contribution in [0, 0.1) is 17.6 Å². The van der Waals surface area contributed by atoms with Crippen LogP contribution in [-0.2, 0) is 9.53 Å². The Hall–Kier alpha value is -1.82. The molecule has 0 fully saturated rings. The van der Waals surface area contributed by atoms with Gasteiger partial charge in [-0.25, -0.2) is 8.78 Å². The fraction of sp³-hybridized carbons (Fsp3) is 0.385. The van der Waals surface area contributed by atoms with Crippen LogP contribution >= 0.6 is 0 Å². The molecule has 0 amide bonds. The molecule has 2 atom stereocenters. The maximum Gasteiger partial charge on any atom is 0.318 e. The van der Waals surface area contributed by atoms with Crippen molar-refractivity contribution in [1.29, 1.82) is 0 Å². The van der Waals surface area contributed by atoms with E-state index in [4.69, 9.17) is 0 Å². The summed E-state index contributed by atoms with van der Waals surface area (Å²) in [4.78, 5) is 23.8. The van der Waals surface area contributed by atoms with Gasteiger partial charge in [-0.2, -0.15) is 0 Å². The van der Waals surface area contributed by atoms with Crippen LogP contribution in [0.15, 0.2) is 18.2 Å². The lowest BCUT2D eigenvalue weighted by Crippen LogP contribution is -2.41. The predicted molar refractivity (Wildman–Crippen MR) is 64.7 cm³/mol. The molecule has 1 aromatic rings. The summed E-state index contributed by atoms with van der Waals surface area (Å²) in [5.74, 6) is -4.48. The number of carbonyl (C=O) groups excluding carboxylic acids is 2. The van der Waals surface area contributed by atoms with Crippen molar-refractivity contribution in [1.82, 2.24) is 5.32 Å². The molecule has 2 unspecified atom stereocenters. The fourth-order valence-corrected chi connectivity index (χ4v) is 1.69. The second-order valence-electron chi connectivity index (χ2n) is 4.07. The minimum atomic E-state index is -1.19. The summed E-state index contributed by atoms with van der Waals surface area (Å²) in [5.41, 5.74) is -0.334. The zero-order valence-electron chi connectivity index (χ0n) is 10.9. The minimum Gasteiger partial charge on any atom is -0.468 e. The monoisotopic (exact) mass is 271 g/mol. The molecule has 0 radical (unpaired) electrons. The average molecular weight is 271 g/mol. The first-order chi connectivity index (χ1) is 8.92. The van der Waals surface area contributed by atoms with Gasteiger partial charge in [-0.05, 0) is 26.1 Å². The summed E-state index contributed by atoms with van der Waals surface area (Å²) in [6.45, 7) is 1.60. The molecule has 0 aliphatic rings. The zero-order valence-corrected chi connectivity index (χ0v) is 10.9. The first-order valence-corrected chi connectivity index (χ1v) is 5.66. The SMILES string of the molecule is CNC(C)C(C(=O)OC)C(=O)c1ccc(F)cc1F. The Kier molecular flexibility index (Phi) is 5.11. The van der Waals surface area contributed by atoms with Crippen molar-refractivity contribution in [2.24, 2.45) is 5.92 Å². The molecular formula is C13H15F2NO3. The van der Waals surface area contributed by atoms with Crippen LogP contribution in [0.5, 0.6) is 0 Å². The van der Waals surface area contributed by atoms with Crippen LogP contribution in [0.1, 0.15) is 17.3 Å². The lowest BCUT2D eigenvalue weighted by atomic mass is 9.91. The third-order valence-corrected chi connectivity index (χ3v) is 2.89. The van der Waals surface area contributed by atoms with E-state index in [2.05, 4.69) is 10.1 Å². The van der Waals surface area contributed by atoms with Crippen molar-refractivity contribution in [3.63, 3.8) is 0 Å². The van der Waals surface area contributed by atoms with Gasteiger partial charge in [0.2, 0.25) is 0 Å². The molecule has 0 aromatic heterocycles. The molecule has 0 aliphatic heterocycles. The average Bonchev–Trinajstić information content (AvgIpc) is 2.38. The number of ketones is 1. The minimum absolute atomic E-state index is 0.334. The summed E-state index contributed by atoms with van der Waals surface area (Å²) < 4.78 is 30.9. The molecule has 0 bridgehead atoms. The predicted octanol–water partition coefficient (Wildman–Crippen LogP) is 1.54. The number of methoxy groups -OCH3 is 1. The highest BCUT2D eigenvalue weighted by molar-refractivity contribution is 6.09. The van der Waals surface area contributed by atoms with Gasteiger partial charge in [0.25, 0.3) is 0 Å². The van der Waals surface area contributed by atoms with E-state index in [1.807, 2.05) is 0 Å². The van der Waals surface area contributed by atoms with Gasteiger partial charge in [0.15, 0.2) is 5.78 Å². The van der Waals surface area contributed by atoms with Crippen molar-refractivity contribution in [3.05, 3.63) is 35.4 Å². The molecule has 0 aliphatic carbocycles. The van der Waals surface area contributed by atoms with Crippen LogP contribution in [0.3, 0.4) is 0 Å². The number of Topliss-reactive ketones (excluding diaryl/α,β-unsaturated/α-hetero) is 1. The highest BCUT2D eigenvalue weighted by Gasteiger charge is 2.34. The van der Waals surface area contributed by atoms with Crippen molar-refractivity contribution in [2.75, 3.05) is 14.2 Å². The van der Waals surface area contributed by atoms with Crippen molar-refractivity contribution in [3.8, 4) is 0 Å². The van der Waals surface area contributed by atoms with Crippen LogP contribution < -0.4 is 5.32 Å². The molecular weight excluding hydrogens is 256 g/mol. The molecule has 19 heavy (non-hydrogen) atoms. The van der Waals surface area contributed by atoms with Gasteiger partial charge in [-0.1, -0.05) is 0 Å². The van der Waals surface area contributed by atoms with E-state index in [9.17, 15) is 18.4 Å². The molecule has 1 aromatic carbocycles. The zero-order chi connectivity index (χ0) is 14.6. The van der Waals surface area contributed by atoms with E-state index in [-0.39, 0.29) is 5.56 Å². The molecule has 0 saturated heterocycles. The van der Waals surface area contributed by atoms with Crippen LogP contribution in [0.25, 0.3) is 0 Å². The van der Waals surface area contributed by atoms with Gasteiger partial charge in [0.05, 0.1) is 12.7 Å². The molecule has 0 heterocycles. The van der Waals surface area contributed by atoms with E-state index >= 15 is 0 Å². The Morgan fingerprint density at radius 1 is 1.32 bits per heavy atom. The van der Waals surface area contributed by atoms with E-state index in [1.54, 1.807) is 14.0 Å². The maximum atomic E-state index is 13.6. The Morgan fingerprint density at radius 3 is 2.42 bits per heavy atom. The molecule has 4 nitrogen and oxygen atoms in total. The van der Waals surface area contributed by atoms with Gasteiger partial charge in [-0.15, -0.1) is 0 Å². The fourth-order valence-electron chi connectivity index (χ4n) is 1.69. The van der Waals surface area contributed by atoms with E-state index in [1.165, 1.54) is 0 Å². The second kappa shape index (κ2) is 6.38. The van der Waals surface area contributed by atoms with Crippen molar-refractivity contribution >= 4 is 11.8 Å². The molecule has 0 saturated carbocycles. The first-order valence-electron chi connectivity index (χ1n) is 5.66. The highest BCUT2D eigenvalue weighted by atomic mass is 19.1. The molecule has 0 spiro atoms. The maximum absolute atomic E-state index is 13.6. The molecule has 1 rings (SSSR count). The topological polar surface area (TPSA) is 55.4 Å². The summed E-state index contributed by atoms with van der Waals surface area (Å²) in [6.07, 6.45) is 0. The van der Waals surface area contributed by atoms with Gasteiger partial charge in [0.1, 0.15) is 17.6 Å². The Balaban J connectivity index is 3.15. The molecule has 1 N–H and O–H groups in total. The number of ether oxygens (including phenoxy) is 1.